The quantitative estimate of drug-likeness (QED) is 0.277. The molecule has 2 aromatic carbocycles. The second-order valence-electron chi connectivity index (χ2n) is 10.7. The number of likely N-dealkylation sites (tertiary alicyclic amines) is 1. The molecule has 0 aromatic heterocycles. The fraction of sp³-hybridized carbons (Fsp3) is 0.581. The van der Waals surface area contributed by atoms with Crippen LogP contribution < -0.4 is 23.7 Å². The van der Waals surface area contributed by atoms with Gasteiger partial charge in [0, 0.05) is 6.54 Å². The summed E-state index contributed by atoms with van der Waals surface area (Å²) in [7, 11) is 0.690. The van der Waals surface area contributed by atoms with Gasteiger partial charge in [0.2, 0.25) is 5.75 Å². The van der Waals surface area contributed by atoms with Crippen molar-refractivity contribution in [3.63, 3.8) is 0 Å². The van der Waals surface area contributed by atoms with Crippen LogP contribution in [0.5, 0.6) is 28.7 Å². The number of hydrogen-bond acceptors (Lipinski definition) is 10. The number of sulfone groups is 1. The molecule has 0 amide bonds. The molecule has 42 heavy (non-hydrogen) atoms. The summed E-state index contributed by atoms with van der Waals surface area (Å²) >= 11 is 0. The SMILES string of the molecule is CCCOc1c(OCCN2CCCC2)cc(C2CCC(c3cc(OC)c(OC)c(OC)c3)O2)cc1S(=O)(=O)CC(C)=O. The molecule has 2 fully saturated rings. The van der Waals surface area contributed by atoms with Gasteiger partial charge in [-0.1, -0.05) is 6.92 Å². The van der Waals surface area contributed by atoms with E-state index in [1.165, 1.54) is 19.8 Å². The van der Waals surface area contributed by atoms with E-state index in [0.717, 1.165) is 25.2 Å². The Balaban J connectivity index is 1.68. The van der Waals surface area contributed by atoms with Gasteiger partial charge in [0.15, 0.2) is 32.8 Å². The summed E-state index contributed by atoms with van der Waals surface area (Å²) in [6.45, 7) is 6.70. The highest BCUT2D eigenvalue weighted by Crippen LogP contribution is 2.48. The van der Waals surface area contributed by atoms with Crippen molar-refractivity contribution in [1.29, 1.82) is 0 Å². The maximum absolute atomic E-state index is 13.5. The Hall–Kier alpha value is -3.02. The molecule has 0 bridgehead atoms. The number of benzene rings is 2. The van der Waals surface area contributed by atoms with Crippen LogP contribution in [0.3, 0.4) is 0 Å². The summed E-state index contributed by atoms with van der Waals surface area (Å²) in [5, 5.41) is 0. The predicted octanol–water partition coefficient (Wildman–Crippen LogP) is 4.93. The fourth-order valence-electron chi connectivity index (χ4n) is 5.52. The number of nitrogens with zero attached hydrogens (tertiary/aromatic N) is 1. The van der Waals surface area contributed by atoms with Gasteiger partial charge in [0.1, 0.15) is 23.0 Å². The van der Waals surface area contributed by atoms with Gasteiger partial charge in [-0.2, -0.15) is 0 Å². The summed E-state index contributed by atoms with van der Waals surface area (Å²) in [4.78, 5) is 14.2. The molecule has 11 heteroatoms. The number of methoxy groups -OCH3 is 3. The highest BCUT2D eigenvalue weighted by Gasteiger charge is 2.33. The van der Waals surface area contributed by atoms with Crippen LogP contribution in [0.2, 0.25) is 0 Å². The molecular formula is C31H43NO9S. The van der Waals surface area contributed by atoms with Crippen molar-refractivity contribution in [2.45, 2.75) is 63.1 Å². The van der Waals surface area contributed by atoms with E-state index in [9.17, 15) is 13.2 Å². The molecule has 2 saturated heterocycles. The number of carbonyl (C=O) groups excluding carboxylic acids is 1. The zero-order chi connectivity index (χ0) is 30.3. The van der Waals surface area contributed by atoms with Crippen molar-refractivity contribution in [2.24, 2.45) is 0 Å². The zero-order valence-electron chi connectivity index (χ0n) is 25.3. The first kappa shape index (κ1) is 31.9. The van der Waals surface area contributed by atoms with Crippen LogP contribution in [0.4, 0.5) is 0 Å². The van der Waals surface area contributed by atoms with Crippen LogP contribution in [0, 0.1) is 0 Å². The van der Waals surface area contributed by atoms with Gasteiger partial charge < -0.3 is 28.4 Å². The molecule has 2 aromatic rings. The van der Waals surface area contributed by atoms with E-state index >= 15 is 0 Å². The lowest BCUT2D eigenvalue weighted by atomic mass is 10.0. The molecule has 2 aliphatic rings. The van der Waals surface area contributed by atoms with Gasteiger partial charge in [-0.15, -0.1) is 0 Å². The van der Waals surface area contributed by atoms with Gasteiger partial charge in [-0.3, -0.25) is 9.69 Å². The van der Waals surface area contributed by atoms with Crippen LogP contribution in [-0.2, 0) is 19.4 Å². The standard InChI is InChI=1S/C31H43NO9S/c1-6-14-40-31-28(39-15-13-32-11-7-8-12-32)18-23(19-29(31)42(34,35)20-21(2)33)25-10-9-24(41-25)22-16-26(36-3)30(38-5)27(17-22)37-4/h16-19,24-25H,6-15,20H2,1-5H3. The lowest BCUT2D eigenvalue weighted by Gasteiger charge is -2.22. The van der Waals surface area contributed by atoms with Crippen LogP contribution >= 0.6 is 0 Å². The summed E-state index contributed by atoms with van der Waals surface area (Å²) in [6.07, 6.45) is 3.68. The minimum atomic E-state index is -3.99. The molecule has 2 atom stereocenters. The second kappa shape index (κ2) is 14.4. The third-order valence-corrected chi connectivity index (χ3v) is 9.30. The highest BCUT2D eigenvalue weighted by molar-refractivity contribution is 7.92. The average molecular weight is 606 g/mol. The zero-order valence-corrected chi connectivity index (χ0v) is 26.1. The summed E-state index contributed by atoms with van der Waals surface area (Å²) < 4.78 is 62.1. The minimum Gasteiger partial charge on any atom is -0.493 e. The molecule has 0 aliphatic carbocycles. The Bertz CT molecular complexity index is 1310. The first-order valence-electron chi connectivity index (χ1n) is 14.5. The Morgan fingerprint density at radius 1 is 0.857 bits per heavy atom. The van der Waals surface area contributed by atoms with E-state index in [0.29, 0.717) is 61.0 Å². The third-order valence-electron chi connectivity index (χ3n) is 7.54. The van der Waals surface area contributed by atoms with Crippen LogP contribution in [-0.4, -0.2) is 79.0 Å². The molecule has 0 radical (unpaired) electrons. The van der Waals surface area contributed by atoms with Gasteiger partial charge in [0.25, 0.3) is 0 Å². The predicted molar refractivity (Wildman–Crippen MR) is 158 cm³/mol. The number of rotatable bonds is 15. The van der Waals surface area contributed by atoms with E-state index in [2.05, 4.69) is 4.90 Å². The van der Waals surface area contributed by atoms with E-state index in [4.69, 9.17) is 28.4 Å². The van der Waals surface area contributed by atoms with E-state index in [-0.39, 0.29) is 16.7 Å². The molecule has 2 aliphatic heterocycles. The molecule has 4 rings (SSSR count). The maximum Gasteiger partial charge on any atom is 0.203 e. The smallest absolute Gasteiger partial charge is 0.203 e. The molecule has 0 saturated carbocycles. The van der Waals surface area contributed by atoms with Gasteiger partial charge in [-0.25, -0.2) is 8.42 Å². The van der Waals surface area contributed by atoms with Crippen LogP contribution in [0.1, 0.15) is 69.3 Å². The van der Waals surface area contributed by atoms with E-state index < -0.39 is 27.5 Å². The average Bonchev–Trinajstić information content (AvgIpc) is 3.67. The van der Waals surface area contributed by atoms with E-state index in [1.807, 2.05) is 25.1 Å². The molecule has 10 nitrogen and oxygen atoms in total. The summed E-state index contributed by atoms with van der Waals surface area (Å²) in [6, 6.07) is 7.14. The summed E-state index contributed by atoms with van der Waals surface area (Å²) in [5.74, 6) is 0.996. The van der Waals surface area contributed by atoms with Crippen molar-refractivity contribution in [3.05, 3.63) is 35.4 Å². The monoisotopic (exact) mass is 605 g/mol. The van der Waals surface area contributed by atoms with E-state index in [1.54, 1.807) is 27.4 Å². The number of hydrogen-bond donors (Lipinski definition) is 0. The first-order valence-corrected chi connectivity index (χ1v) is 16.2. The molecule has 0 N–H and O–H groups in total. The Morgan fingerprint density at radius 3 is 2.00 bits per heavy atom. The van der Waals surface area contributed by atoms with Crippen molar-refractivity contribution >= 4 is 15.6 Å². The number of ether oxygens (including phenoxy) is 6. The first-order chi connectivity index (χ1) is 20.2. The largest absolute Gasteiger partial charge is 0.493 e. The maximum atomic E-state index is 13.5. The summed E-state index contributed by atoms with van der Waals surface area (Å²) in [5.41, 5.74) is 1.52. The Morgan fingerprint density at radius 2 is 1.45 bits per heavy atom. The normalized spacial score (nSPS) is 19.1. The lowest BCUT2D eigenvalue weighted by Crippen LogP contribution is -2.25. The molecular weight excluding hydrogens is 562 g/mol. The molecule has 0 spiro atoms. The fourth-order valence-corrected chi connectivity index (χ4v) is 6.97. The topological polar surface area (TPSA) is 110 Å². The van der Waals surface area contributed by atoms with Crippen LogP contribution in [0.25, 0.3) is 0 Å². The second-order valence-corrected chi connectivity index (χ2v) is 12.7. The van der Waals surface area contributed by atoms with Crippen molar-refractivity contribution in [2.75, 3.05) is 59.9 Å². The Kier molecular flexibility index (Phi) is 11.0. The Labute approximate surface area is 249 Å². The molecule has 2 unspecified atom stereocenters. The molecule has 2 heterocycles. The van der Waals surface area contributed by atoms with Crippen molar-refractivity contribution < 1.29 is 41.6 Å². The number of carbonyl (C=O) groups is 1. The minimum absolute atomic E-state index is 0.0420. The highest BCUT2D eigenvalue weighted by atomic mass is 32.2. The van der Waals surface area contributed by atoms with Crippen molar-refractivity contribution in [1.82, 2.24) is 4.90 Å². The molecule has 232 valence electrons. The van der Waals surface area contributed by atoms with Gasteiger partial charge >= 0.3 is 0 Å². The van der Waals surface area contributed by atoms with Gasteiger partial charge in [0.05, 0.1) is 40.1 Å². The number of ketones is 1. The lowest BCUT2D eigenvalue weighted by molar-refractivity contribution is -0.114. The van der Waals surface area contributed by atoms with Crippen LogP contribution in [0.15, 0.2) is 29.2 Å². The van der Waals surface area contributed by atoms with Gasteiger partial charge in [-0.05, 0) is 87.5 Å². The third kappa shape index (κ3) is 7.48. The number of Topliss-reactive ketones (excluding diaryl/α,β-unsaturated/α-hetero) is 1. The van der Waals surface area contributed by atoms with Crippen molar-refractivity contribution in [3.8, 4) is 28.7 Å².